The van der Waals surface area contributed by atoms with E-state index in [9.17, 15) is 9.18 Å². The van der Waals surface area contributed by atoms with Crippen molar-refractivity contribution >= 4 is 44.9 Å². The summed E-state index contributed by atoms with van der Waals surface area (Å²) in [6.07, 6.45) is 1.93. The molecule has 0 unspecified atom stereocenters. The van der Waals surface area contributed by atoms with Gasteiger partial charge in [0.25, 0.3) is 0 Å². The summed E-state index contributed by atoms with van der Waals surface area (Å²) < 4.78 is 20.5. The first-order valence-electron chi connectivity index (χ1n) is 11.8. The van der Waals surface area contributed by atoms with Crippen molar-refractivity contribution in [1.29, 1.82) is 0 Å². The van der Waals surface area contributed by atoms with Crippen molar-refractivity contribution in [2.24, 2.45) is 0 Å². The molecule has 0 saturated carbocycles. The van der Waals surface area contributed by atoms with Gasteiger partial charge in [-0.3, -0.25) is 9.78 Å². The largest absolute Gasteiger partial charge is 0.459 e. The molecule has 2 aromatic heterocycles. The number of nitrogens with one attached hydrogen (secondary N) is 2. The van der Waals surface area contributed by atoms with Gasteiger partial charge in [0.05, 0.1) is 11.7 Å². The Bertz CT molecular complexity index is 1430. The fourth-order valence-electron chi connectivity index (χ4n) is 4.41. The second kappa shape index (κ2) is 10.8. The first-order valence-corrected chi connectivity index (χ1v) is 13.0. The van der Waals surface area contributed by atoms with Gasteiger partial charge in [-0.15, -0.1) is 0 Å². The van der Waals surface area contributed by atoms with Crippen LogP contribution in [0.1, 0.15) is 35.5 Å². The molecular weight excluding hydrogens is 555 g/mol. The lowest BCUT2D eigenvalue weighted by Crippen LogP contribution is -2.32. The van der Waals surface area contributed by atoms with Crippen LogP contribution >= 0.6 is 28.1 Å². The number of hydrogen-bond acceptors (Lipinski definition) is 4. The molecule has 0 radical (unpaired) electrons. The van der Waals surface area contributed by atoms with E-state index < -0.39 is 0 Å². The Labute approximate surface area is 228 Å². The number of carbonyl (C=O) groups excluding carboxylic acids is 1. The van der Waals surface area contributed by atoms with Crippen molar-refractivity contribution < 1.29 is 13.6 Å². The second-order valence-corrected chi connectivity index (χ2v) is 10.1. The maximum absolute atomic E-state index is 13.2. The Morgan fingerprint density at radius 1 is 1.16 bits per heavy atom. The number of aromatic nitrogens is 1. The molecule has 0 aliphatic carbocycles. The number of nitrogens with zero attached hydrogens (tertiary/aromatic N) is 2. The number of carbonyl (C=O) groups is 1. The number of furan rings is 1. The van der Waals surface area contributed by atoms with Gasteiger partial charge in [0.2, 0.25) is 5.91 Å². The number of halogens is 2. The lowest BCUT2D eigenvalue weighted by atomic mass is 10.0. The number of pyridine rings is 1. The Hall–Kier alpha value is -3.56. The monoisotopic (exact) mass is 578 g/mol. The highest BCUT2D eigenvalue weighted by Gasteiger charge is 2.41. The van der Waals surface area contributed by atoms with E-state index in [1.807, 2.05) is 60.4 Å². The van der Waals surface area contributed by atoms with E-state index in [4.69, 9.17) is 16.6 Å². The molecule has 37 heavy (non-hydrogen) atoms. The molecule has 0 bridgehead atoms. The highest BCUT2D eigenvalue weighted by atomic mass is 79.9. The molecule has 5 rings (SSSR count). The van der Waals surface area contributed by atoms with E-state index in [2.05, 4.69) is 31.5 Å². The first-order chi connectivity index (χ1) is 17.9. The van der Waals surface area contributed by atoms with Crippen molar-refractivity contribution in [3.05, 3.63) is 106 Å². The van der Waals surface area contributed by atoms with Crippen LogP contribution in [0.15, 0.2) is 87.9 Å². The normalized spacial score (nSPS) is 17.1. The molecule has 1 saturated heterocycles. The Balaban J connectivity index is 1.40. The van der Waals surface area contributed by atoms with Gasteiger partial charge < -0.3 is 20.0 Å². The van der Waals surface area contributed by atoms with Crippen molar-refractivity contribution in [2.45, 2.75) is 25.4 Å². The van der Waals surface area contributed by atoms with Crippen molar-refractivity contribution in [1.82, 2.24) is 15.2 Å². The third-order valence-corrected chi connectivity index (χ3v) is 7.22. The molecule has 1 aliphatic rings. The van der Waals surface area contributed by atoms with Gasteiger partial charge in [-0.25, -0.2) is 4.39 Å². The number of anilines is 1. The summed E-state index contributed by atoms with van der Waals surface area (Å²) in [5.41, 5.74) is 3.46. The Morgan fingerprint density at radius 2 is 1.97 bits per heavy atom. The molecular formula is C28H24BrFN4O2S. The van der Waals surface area contributed by atoms with Crippen LogP contribution in [0.2, 0.25) is 0 Å². The molecule has 2 aromatic carbocycles. The van der Waals surface area contributed by atoms with Crippen LogP contribution in [0, 0.1) is 12.7 Å². The smallest absolute Gasteiger partial charge is 0.226 e. The van der Waals surface area contributed by atoms with E-state index in [1.54, 1.807) is 6.20 Å². The number of benzene rings is 2. The maximum Gasteiger partial charge on any atom is 0.226 e. The zero-order valence-corrected chi connectivity index (χ0v) is 22.4. The van der Waals surface area contributed by atoms with Gasteiger partial charge >= 0.3 is 0 Å². The summed E-state index contributed by atoms with van der Waals surface area (Å²) in [6.45, 7) is 2.39. The van der Waals surface area contributed by atoms with Gasteiger partial charge in [0.1, 0.15) is 23.4 Å². The van der Waals surface area contributed by atoms with E-state index in [0.29, 0.717) is 23.1 Å². The molecule has 3 heterocycles. The summed E-state index contributed by atoms with van der Waals surface area (Å²) in [5, 5.41) is 6.69. The zero-order chi connectivity index (χ0) is 25.9. The zero-order valence-electron chi connectivity index (χ0n) is 19.9. The molecule has 1 amide bonds. The Morgan fingerprint density at radius 3 is 2.70 bits per heavy atom. The topological polar surface area (TPSA) is 70.4 Å². The summed E-state index contributed by atoms with van der Waals surface area (Å²) in [7, 11) is 0. The van der Waals surface area contributed by atoms with Crippen LogP contribution in [0.3, 0.4) is 0 Å². The standard InChI is InChI=1S/C28H24BrFN4O2S/c1-17-5-10-20(21(29)16-17)23-11-12-24(36-23)27-26(22-4-2-3-14-31-22)33-28(37)34(27)15-13-25(35)32-19-8-6-18(30)7-9-19/h2-12,14,16,26-27H,13,15H2,1H3,(H,32,35)(H,33,37)/t26-,27-/m0/s1. The second-order valence-electron chi connectivity index (χ2n) is 8.81. The fraction of sp³-hybridized carbons (Fsp3) is 0.179. The minimum Gasteiger partial charge on any atom is -0.459 e. The molecule has 0 spiro atoms. The van der Waals surface area contributed by atoms with E-state index in [-0.39, 0.29) is 30.2 Å². The van der Waals surface area contributed by atoms with Crippen LogP contribution in [0.5, 0.6) is 0 Å². The van der Waals surface area contributed by atoms with Gasteiger partial charge in [-0.05, 0) is 85.4 Å². The lowest BCUT2D eigenvalue weighted by molar-refractivity contribution is -0.116. The number of aryl methyl sites for hydroxylation is 1. The van der Waals surface area contributed by atoms with E-state index in [0.717, 1.165) is 27.1 Å². The Kier molecular flexibility index (Phi) is 7.34. The first kappa shape index (κ1) is 25.1. The predicted molar refractivity (Wildman–Crippen MR) is 148 cm³/mol. The molecule has 2 N–H and O–H groups in total. The predicted octanol–water partition coefficient (Wildman–Crippen LogP) is 6.55. The van der Waals surface area contributed by atoms with Gasteiger partial charge in [0, 0.05) is 34.9 Å². The number of hydrogen-bond donors (Lipinski definition) is 2. The van der Waals surface area contributed by atoms with Crippen LogP contribution in [-0.2, 0) is 4.79 Å². The van der Waals surface area contributed by atoms with Crippen LogP contribution in [0.4, 0.5) is 10.1 Å². The lowest BCUT2D eigenvalue weighted by Gasteiger charge is -2.25. The van der Waals surface area contributed by atoms with Crippen LogP contribution in [0.25, 0.3) is 11.3 Å². The van der Waals surface area contributed by atoms with Crippen molar-refractivity contribution in [3.63, 3.8) is 0 Å². The highest BCUT2D eigenvalue weighted by molar-refractivity contribution is 9.10. The average molecular weight is 579 g/mol. The minimum atomic E-state index is -0.356. The molecule has 1 fully saturated rings. The van der Waals surface area contributed by atoms with E-state index in [1.165, 1.54) is 24.3 Å². The van der Waals surface area contributed by atoms with Crippen LogP contribution in [-0.4, -0.2) is 27.4 Å². The van der Waals surface area contributed by atoms with E-state index >= 15 is 0 Å². The quantitative estimate of drug-likeness (QED) is 0.242. The summed E-state index contributed by atoms with van der Waals surface area (Å²) >= 11 is 9.33. The fourth-order valence-corrected chi connectivity index (χ4v) is 5.43. The number of amides is 1. The average Bonchev–Trinajstić information content (AvgIpc) is 3.49. The van der Waals surface area contributed by atoms with Crippen molar-refractivity contribution in [3.8, 4) is 11.3 Å². The minimum absolute atomic E-state index is 0.182. The summed E-state index contributed by atoms with van der Waals surface area (Å²) in [4.78, 5) is 19.2. The SMILES string of the molecule is Cc1ccc(-c2ccc([C@H]3[C@H](c4ccccn4)NC(=S)N3CCC(=O)Nc3ccc(F)cc3)o2)c(Br)c1. The van der Waals surface area contributed by atoms with Gasteiger partial charge in [0.15, 0.2) is 5.11 Å². The summed E-state index contributed by atoms with van der Waals surface area (Å²) in [6, 6.07) is 20.9. The number of rotatable bonds is 7. The van der Waals surface area contributed by atoms with Gasteiger partial charge in [-0.1, -0.05) is 28.1 Å². The third kappa shape index (κ3) is 5.57. The third-order valence-electron chi connectivity index (χ3n) is 6.21. The molecule has 1 aliphatic heterocycles. The molecule has 6 nitrogen and oxygen atoms in total. The molecule has 4 aromatic rings. The van der Waals surface area contributed by atoms with Gasteiger partial charge in [-0.2, -0.15) is 0 Å². The molecule has 188 valence electrons. The summed E-state index contributed by atoms with van der Waals surface area (Å²) in [5.74, 6) is 0.890. The maximum atomic E-state index is 13.2. The molecule has 9 heteroatoms. The van der Waals surface area contributed by atoms with Crippen LogP contribution < -0.4 is 10.6 Å². The molecule has 2 atom stereocenters. The number of thiocarbonyl (C=S) groups is 1. The highest BCUT2D eigenvalue weighted by Crippen LogP contribution is 2.41. The van der Waals surface area contributed by atoms with Crippen molar-refractivity contribution in [2.75, 3.05) is 11.9 Å².